The number of hydrogen-bond donors (Lipinski definition) is 1. The minimum atomic E-state index is -3.90. The first kappa shape index (κ1) is 16.3. The fourth-order valence-corrected chi connectivity index (χ4v) is 3.14. The molecule has 0 heterocycles. The minimum Gasteiger partial charge on any atom is -0.573 e. The predicted molar refractivity (Wildman–Crippen MR) is 81.0 cm³/mol. The summed E-state index contributed by atoms with van der Waals surface area (Å²) in [4.78, 5) is -0.114. The summed E-state index contributed by atoms with van der Waals surface area (Å²) in [5, 5.41) is 4.96. The third kappa shape index (κ3) is 3.75. The maximum absolute atomic E-state index is 12.1. The van der Waals surface area contributed by atoms with Crippen molar-refractivity contribution in [1.82, 2.24) is 0 Å². The molecule has 0 aliphatic carbocycles. The van der Waals surface area contributed by atoms with Gasteiger partial charge in [-0.25, -0.2) is 22.0 Å². The average molecular weight is 341 g/mol. The molecule has 0 spiro atoms. The van der Waals surface area contributed by atoms with E-state index in [-0.39, 0.29) is 15.5 Å². The van der Waals surface area contributed by atoms with Crippen molar-refractivity contribution in [2.24, 2.45) is 5.14 Å². The number of sulfonamides is 2. The van der Waals surface area contributed by atoms with E-state index < -0.39 is 20.0 Å². The first-order chi connectivity index (χ1) is 10.2. The molecule has 0 unspecified atom stereocenters. The molecule has 0 radical (unpaired) electrons. The molecular formula is C13H13N2O5S2-. The van der Waals surface area contributed by atoms with E-state index in [0.29, 0.717) is 5.75 Å². The topological polar surface area (TPSA) is 118 Å². The van der Waals surface area contributed by atoms with E-state index in [4.69, 9.17) is 9.88 Å². The largest absolute Gasteiger partial charge is 0.573 e. The van der Waals surface area contributed by atoms with Gasteiger partial charge in [0, 0.05) is 0 Å². The summed E-state index contributed by atoms with van der Waals surface area (Å²) in [7, 11) is -6.25. The monoisotopic (exact) mass is 341 g/mol. The van der Waals surface area contributed by atoms with Gasteiger partial charge in [-0.15, -0.1) is 5.69 Å². The van der Waals surface area contributed by atoms with E-state index in [1.807, 2.05) is 0 Å². The van der Waals surface area contributed by atoms with Crippen LogP contribution in [0.25, 0.3) is 4.72 Å². The number of nitrogens with two attached hydrogens (primary N) is 1. The van der Waals surface area contributed by atoms with Gasteiger partial charge in [0.05, 0.1) is 16.9 Å². The molecule has 0 saturated carbocycles. The second-order valence-electron chi connectivity index (χ2n) is 4.28. The van der Waals surface area contributed by atoms with Gasteiger partial charge < -0.3 is 9.46 Å². The van der Waals surface area contributed by atoms with Crippen LogP contribution >= 0.6 is 0 Å². The molecule has 2 aromatic rings. The molecule has 2 rings (SSSR count). The number of rotatable bonds is 5. The zero-order valence-corrected chi connectivity index (χ0v) is 13.1. The van der Waals surface area contributed by atoms with E-state index in [1.165, 1.54) is 55.6 Å². The van der Waals surface area contributed by atoms with Gasteiger partial charge in [0.2, 0.25) is 10.0 Å². The Kier molecular flexibility index (Phi) is 4.40. The molecule has 0 aromatic heterocycles. The van der Waals surface area contributed by atoms with Crippen LogP contribution in [-0.2, 0) is 20.0 Å². The number of methoxy groups -OCH3 is 1. The third-order valence-electron chi connectivity index (χ3n) is 2.75. The average Bonchev–Trinajstić information content (AvgIpc) is 2.46. The quantitative estimate of drug-likeness (QED) is 0.888. The van der Waals surface area contributed by atoms with Crippen molar-refractivity contribution in [2.75, 3.05) is 7.11 Å². The second kappa shape index (κ2) is 5.95. The van der Waals surface area contributed by atoms with Crippen molar-refractivity contribution in [3.8, 4) is 5.75 Å². The Morgan fingerprint density at radius 2 is 1.36 bits per heavy atom. The lowest BCUT2D eigenvalue weighted by atomic mass is 10.3. The molecule has 2 aromatic carbocycles. The van der Waals surface area contributed by atoms with Crippen LogP contribution in [0.1, 0.15) is 0 Å². The number of primary sulfonamides is 1. The highest BCUT2D eigenvalue weighted by Crippen LogP contribution is 2.29. The third-order valence-corrected chi connectivity index (χ3v) is 5.00. The van der Waals surface area contributed by atoms with Gasteiger partial charge in [-0.1, -0.05) is 12.1 Å². The fourth-order valence-electron chi connectivity index (χ4n) is 1.64. The van der Waals surface area contributed by atoms with E-state index in [0.717, 1.165) is 0 Å². The zero-order valence-electron chi connectivity index (χ0n) is 11.5. The summed E-state index contributed by atoms with van der Waals surface area (Å²) in [5.41, 5.74) is 0.100. The molecule has 9 heteroatoms. The van der Waals surface area contributed by atoms with Crippen LogP contribution in [0.2, 0.25) is 0 Å². The van der Waals surface area contributed by atoms with Crippen molar-refractivity contribution in [3.05, 3.63) is 53.3 Å². The van der Waals surface area contributed by atoms with Crippen LogP contribution in [0.4, 0.5) is 5.69 Å². The van der Waals surface area contributed by atoms with Gasteiger partial charge in [-0.05, 0) is 36.4 Å². The summed E-state index contributed by atoms with van der Waals surface area (Å²) in [6.07, 6.45) is 0. The zero-order chi connectivity index (χ0) is 16.4. The van der Waals surface area contributed by atoms with Crippen molar-refractivity contribution in [1.29, 1.82) is 0 Å². The van der Waals surface area contributed by atoms with Gasteiger partial charge in [0.15, 0.2) is 0 Å². The Morgan fingerprint density at radius 1 is 0.864 bits per heavy atom. The molecule has 0 aliphatic rings. The highest BCUT2D eigenvalue weighted by molar-refractivity contribution is 7.94. The van der Waals surface area contributed by atoms with E-state index in [2.05, 4.69) is 4.72 Å². The van der Waals surface area contributed by atoms with Gasteiger partial charge in [-0.3, -0.25) is 0 Å². The molecule has 0 atom stereocenters. The first-order valence-corrected chi connectivity index (χ1v) is 8.96. The molecule has 0 amide bonds. The highest BCUT2D eigenvalue weighted by Gasteiger charge is 2.07. The summed E-state index contributed by atoms with van der Waals surface area (Å²) < 4.78 is 55.1. The molecule has 0 fully saturated rings. The van der Waals surface area contributed by atoms with Crippen molar-refractivity contribution in [3.63, 3.8) is 0 Å². The molecule has 0 aliphatic heterocycles. The summed E-state index contributed by atoms with van der Waals surface area (Å²) in [6.45, 7) is 0. The SMILES string of the molecule is COc1ccc(S(=O)(=O)[N-]c2ccc(S(N)(=O)=O)cc2)cc1. The van der Waals surface area contributed by atoms with Gasteiger partial charge in [0.25, 0.3) is 0 Å². The smallest absolute Gasteiger partial charge is 0.238 e. The molecule has 0 bridgehead atoms. The maximum atomic E-state index is 12.1. The van der Waals surface area contributed by atoms with Gasteiger partial charge in [0.1, 0.15) is 15.8 Å². The van der Waals surface area contributed by atoms with E-state index in [1.54, 1.807) is 0 Å². The van der Waals surface area contributed by atoms with Gasteiger partial charge in [-0.2, -0.15) is 0 Å². The first-order valence-electron chi connectivity index (χ1n) is 5.97. The van der Waals surface area contributed by atoms with Crippen LogP contribution in [0.3, 0.4) is 0 Å². The van der Waals surface area contributed by atoms with Gasteiger partial charge >= 0.3 is 0 Å². The van der Waals surface area contributed by atoms with Crippen molar-refractivity contribution < 1.29 is 21.6 Å². The Hall–Kier alpha value is -2.10. The lowest BCUT2D eigenvalue weighted by Crippen LogP contribution is -2.11. The standard InChI is InChI=1S/C13H13N2O5S2/c1-20-11-4-8-13(9-5-11)22(18,19)15-10-2-6-12(7-3-10)21(14,16)17/h2-9H,1H3,(H2,14,16,17)/q-1. The molecular weight excluding hydrogens is 328 g/mol. The molecule has 118 valence electrons. The Balaban J connectivity index is 2.24. The van der Waals surface area contributed by atoms with Crippen LogP contribution in [-0.4, -0.2) is 23.9 Å². The van der Waals surface area contributed by atoms with Crippen LogP contribution < -0.4 is 9.88 Å². The summed E-state index contributed by atoms with van der Waals surface area (Å²) in [6, 6.07) is 10.7. The van der Waals surface area contributed by atoms with E-state index in [9.17, 15) is 16.8 Å². The lowest BCUT2D eigenvalue weighted by Gasteiger charge is -2.22. The Morgan fingerprint density at radius 3 is 1.82 bits per heavy atom. The lowest BCUT2D eigenvalue weighted by molar-refractivity contribution is 0.414. The molecule has 2 N–H and O–H groups in total. The van der Waals surface area contributed by atoms with Crippen LogP contribution in [0, 0.1) is 0 Å². The fraction of sp³-hybridized carbons (Fsp3) is 0.0769. The number of hydrogen-bond acceptors (Lipinski definition) is 5. The summed E-state index contributed by atoms with van der Waals surface area (Å²) in [5.74, 6) is 0.524. The molecule has 22 heavy (non-hydrogen) atoms. The highest BCUT2D eigenvalue weighted by atomic mass is 32.2. The summed E-state index contributed by atoms with van der Waals surface area (Å²) >= 11 is 0. The Bertz CT molecular complexity index is 858. The predicted octanol–water partition coefficient (Wildman–Crippen LogP) is 1.74. The number of nitrogens with zero attached hydrogens (tertiary/aromatic N) is 1. The Labute approximate surface area is 128 Å². The van der Waals surface area contributed by atoms with Crippen molar-refractivity contribution >= 4 is 25.7 Å². The number of ether oxygens (including phenoxy) is 1. The van der Waals surface area contributed by atoms with Crippen LogP contribution in [0.15, 0.2) is 58.3 Å². The molecule has 7 nitrogen and oxygen atoms in total. The minimum absolute atomic E-state index is 0.00354. The molecule has 0 saturated heterocycles. The van der Waals surface area contributed by atoms with Crippen molar-refractivity contribution in [2.45, 2.75) is 9.79 Å². The van der Waals surface area contributed by atoms with Crippen LogP contribution in [0.5, 0.6) is 5.75 Å². The normalized spacial score (nSPS) is 11.9. The second-order valence-corrected chi connectivity index (χ2v) is 7.45. The number of benzene rings is 2. The maximum Gasteiger partial charge on any atom is 0.238 e. The van der Waals surface area contributed by atoms with E-state index >= 15 is 0 Å².